The van der Waals surface area contributed by atoms with Crippen LogP contribution in [-0.2, 0) is 0 Å². The van der Waals surface area contributed by atoms with Crippen LogP contribution in [0.25, 0.3) is 0 Å². The quantitative estimate of drug-likeness (QED) is 0.788. The maximum Gasteiger partial charge on any atom is 0.322 e. The van der Waals surface area contributed by atoms with Gasteiger partial charge in [-0.3, -0.25) is 0 Å². The maximum absolute atomic E-state index is 9.15. The third kappa shape index (κ3) is 5.01. The highest BCUT2D eigenvalue weighted by molar-refractivity contribution is 6.28. The Balaban J connectivity index is 2.68. The molecule has 0 unspecified atom stereocenters. The van der Waals surface area contributed by atoms with E-state index in [4.69, 9.17) is 21.4 Å². The highest BCUT2D eigenvalue weighted by Gasteiger charge is 2.17. The van der Waals surface area contributed by atoms with Crippen LogP contribution in [0.4, 0.5) is 5.95 Å². The number of aliphatic hydroxyl groups is 1. The summed E-state index contributed by atoms with van der Waals surface area (Å²) in [6.45, 7) is 6.97. The van der Waals surface area contributed by atoms with Crippen molar-refractivity contribution in [2.24, 2.45) is 5.41 Å². The van der Waals surface area contributed by atoms with E-state index in [0.29, 0.717) is 19.1 Å². The number of halogens is 1. The molecular weight excluding hydrogens is 256 g/mol. The molecule has 0 fully saturated rings. The van der Waals surface area contributed by atoms with Crippen LogP contribution in [0, 0.1) is 5.41 Å². The molecule has 102 valence electrons. The van der Waals surface area contributed by atoms with Crippen molar-refractivity contribution in [1.82, 2.24) is 15.0 Å². The average molecular weight is 275 g/mol. The summed E-state index contributed by atoms with van der Waals surface area (Å²) in [6.07, 6.45) is 0.865. The van der Waals surface area contributed by atoms with Gasteiger partial charge in [0.15, 0.2) is 0 Å². The second kappa shape index (κ2) is 6.70. The highest BCUT2D eigenvalue weighted by Crippen LogP contribution is 2.16. The van der Waals surface area contributed by atoms with Crippen LogP contribution >= 0.6 is 11.6 Å². The van der Waals surface area contributed by atoms with E-state index >= 15 is 0 Å². The third-order valence-corrected chi connectivity index (χ3v) is 2.35. The van der Waals surface area contributed by atoms with Gasteiger partial charge in [0, 0.05) is 18.6 Å². The van der Waals surface area contributed by atoms with Gasteiger partial charge in [0.2, 0.25) is 11.2 Å². The molecular formula is C11H19ClN4O2. The molecule has 0 atom stereocenters. The summed E-state index contributed by atoms with van der Waals surface area (Å²) in [4.78, 5) is 11.9. The number of anilines is 1. The lowest BCUT2D eigenvalue weighted by Crippen LogP contribution is -2.27. The molecule has 18 heavy (non-hydrogen) atoms. The largest absolute Gasteiger partial charge is 0.463 e. The molecule has 0 saturated carbocycles. The second-order valence-electron chi connectivity index (χ2n) is 4.73. The normalized spacial score (nSPS) is 11.4. The highest BCUT2D eigenvalue weighted by atomic mass is 35.5. The van der Waals surface area contributed by atoms with Crippen LogP contribution in [0.15, 0.2) is 0 Å². The van der Waals surface area contributed by atoms with Crippen LogP contribution in [0.5, 0.6) is 6.01 Å². The molecule has 0 bridgehead atoms. The van der Waals surface area contributed by atoms with E-state index in [1.54, 1.807) is 0 Å². The van der Waals surface area contributed by atoms with Gasteiger partial charge in [0.1, 0.15) is 0 Å². The molecule has 0 aromatic carbocycles. The Morgan fingerprint density at radius 2 is 2.06 bits per heavy atom. The minimum atomic E-state index is -0.260. The summed E-state index contributed by atoms with van der Waals surface area (Å²) < 4.78 is 5.30. The van der Waals surface area contributed by atoms with E-state index in [2.05, 4.69) is 20.3 Å². The van der Waals surface area contributed by atoms with Crippen LogP contribution in [0.1, 0.15) is 27.2 Å². The first-order valence-electron chi connectivity index (χ1n) is 5.86. The minimum Gasteiger partial charge on any atom is -0.463 e. The first kappa shape index (κ1) is 14.9. The zero-order valence-electron chi connectivity index (χ0n) is 10.9. The summed E-state index contributed by atoms with van der Waals surface area (Å²) in [7, 11) is 0. The van der Waals surface area contributed by atoms with Crippen LogP contribution in [0.3, 0.4) is 0 Å². The first-order chi connectivity index (χ1) is 8.46. The first-order valence-corrected chi connectivity index (χ1v) is 6.24. The van der Waals surface area contributed by atoms with Crippen molar-refractivity contribution < 1.29 is 9.84 Å². The van der Waals surface area contributed by atoms with Crippen molar-refractivity contribution in [3.05, 3.63) is 5.28 Å². The fraction of sp³-hybridized carbons (Fsp3) is 0.727. The van der Waals surface area contributed by atoms with Crippen LogP contribution in [0.2, 0.25) is 5.28 Å². The van der Waals surface area contributed by atoms with Gasteiger partial charge < -0.3 is 15.2 Å². The van der Waals surface area contributed by atoms with E-state index in [-0.39, 0.29) is 23.3 Å². The Bertz CT molecular complexity index is 387. The van der Waals surface area contributed by atoms with Crippen LogP contribution < -0.4 is 10.1 Å². The number of hydrogen-bond acceptors (Lipinski definition) is 6. The van der Waals surface area contributed by atoms with Crippen LogP contribution in [-0.4, -0.2) is 39.8 Å². The summed E-state index contributed by atoms with van der Waals surface area (Å²) in [6, 6.07) is 0.209. The molecule has 1 rings (SSSR count). The van der Waals surface area contributed by atoms with Crippen molar-refractivity contribution >= 4 is 17.5 Å². The molecule has 0 spiro atoms. The summed E-state index contributed by atoms with van der Waals surface area (Å²) in [5, 5.41) is 12.2. The predicted molar refractivity (Wildman–Crippen MR) is 70.0 cm³/mol. The minimum absolute atomic E-state index is 0.0675. The Kier molecular flexibility index (Phi) is 5.55. The molecule has 6 nitrogen and oxygen atoms in total. The molecule has 7 heteroatoms. The molecule has 1 aromatic rings. The summed E-state index contributed by atoms with van der Waals surface area (Å²) in [5.41, 5.74) is -0.260. The average Bonchev–Trinajstić information content (AvgIpc) is 2.33. The van der Waals surface area contributed by atoms with E-state index in [1.807, 2.05) is 20.8 Å². The Morgan fingerprint density at radius 1 is 1.33 bits per heavy atom. The number of rotatable bonds is 7. The number of aromatic nitrogens is 3. The number of aliphatic hydroxyl groups excluding tert-OH is 1. The van der Waals surface area contributed by atoms with Gasteiger partial charge in [-0.25, -0.2) is 0 Å². The van der Waals surface area contributed by atoms with E-state index in [0.717, 1.165) is 6.42 Å². The zero-order chi connectivity index (χ0) is 13.6. The SMILES string of the molecule is CCCOc1nc(Cl)nc(NCC(C)(C)CO)n1. The van der Waals surface area contributed by atoms with Gasteiger partial charge in [-0.1, -0.05) is 20.8 Å². The molecule has 0 radical (unpaired) electrons. The molecule has 0 aliphatic heterocycles. The van der Waals surface area contributed by atoms with Gasteiger partial charge in [-0.2, -0.15) is 15.0 Å². The van der Waals surface area contributed by atoms with Gasteiger partial charge in [-0.05, 0) is 18.0 Å². The zero-order valence-corrected chi connectivity index (χ0v) is 11.7. The summed E-state index contributed by atoms with van der Waals surface area (Å²) in [5.74, 6) is 0.350. The Labute approximate surface area is 112 Å². The van der Waals surface area contributed by atoms with Crippen molar-refractivity contribution in [3.63, 3.8) is 0 Å². The van der Waals surface area contributed by atoms with E-state index < -0.39 is 0 Å². The number of hydrogen-bond donors (Lipinski definition) is 2. The Morgan fingerprint density at radius 3 is 2.67 bits per heavy atom. The standard InChI is InChI=1S/C11H19ClN4O2/c1-4-5-18-10-15-8(12)14-9(16-10)13-6-11(2,3)7-17/h17H,4-7H2,1-3H3,(H,13,14,15,16). The molecule has 1 aromatic heterocycles. The van der Waals surface area contributed by atoms with Gasteiger partial charge >= 0.3 is 6.01 Å². The maximum atomic E-state index is 9.15. The van der Waals surface area contributed by atoms with Crippen molar-refractivity contribution in [2.75, 3.05) is 25.1 Å². The summed E-state index contributed by atoms with van der Waals surface area (Å²) >= 11 is 5.78. The number of nitrogens with zero attached hydrogens (tertiary/aromatic N) is 3. The molecule has 0 aliphatic rings. The van der Waals surface area contributed by atoms with Crippen molar-refractivity contribution in [2.45, 2.75) is 27.2 Å². The lowest BCUT2D eigenvalue weighted by Gasteiger charge is -2.21. The van der Waals surface area contributed by atoms with Gasteiger partial charge in [-0.15, -0.1) is 0 Å². The number of nitrogens with one attached hydrogen (secondary N) is 1. The lowest BCUT2D eigenvalue weighted by molar-refractivity contribution is 0.170. The fourth-order valence-corrected chi connectivity index (χ4v) is 1.20. The lowest BCUT2D eigenvalue weighted by atomic mass is 9.95. The molecule has 0 aliphatic carbocycles. The Hall–Kier alpha value is -1.14. The van der Waals surface area contributed by atoms with Crippen molar-refractivity contribution in [1.29, 1.82) is 0 Å². The topological polar surface area (TPSA) is 80.2 Å². The third-order valence-electron chi connectivity index (χ3n) is 2.18. The molecule has 1 heterocycles. The van der Waals surface area contributed by atoms with Crippen molar-refractivity contribution in [3.8, 4) is 6.01 Å². The fourth-order valence-electron chi connectivity index (χ4n) is 1.04. The molecule has 2 N–H and O–H groups in total. The van der Waals surface area contributed by atoms with Gasteiger partial charge in [0.05, 0.1) is 6.61 Å². The molecule has 0 amide bonds. The predicted octanol–water partition coefficient (Wildman–Crippen LogP) is 1.74. The number of ether oxygens (including phenoxy) is 1. The van der Waals surface area contributed by atoms with E-state index in [9.17, 15) is 0 Å². The van der Waals surface area contributed by atoms with E-state index in [1.165, 1.54) is 0 Å². The second-order valence-corrected chi connectivity index (χ2v) is 5.07. The molecule has 0 saturated heterocycles. The van der Waals surface area contributed by atoms with Gasteiger partial charge in [0.25, 0.3) is 0 Å². The smallest absolute Gasteiger partial charge is 0.322 e. The monoisotopic (exact) mass is 274 g/mol.